The maximum absolute atomic E-state index is 11.2. The zero-order valence-electron chi connectivity index (χ0n) is 8.96. The number of rotatable bonds is 5. The summed E-state index contributed by atoms with van der Waals surface area (Å²) in [5.74, 6) is 0. The fourth-order valence-electron chi connectivity index (χ4n) is 2.02. The van der Waals surface area contributed by atoms with Gasteiger partial charge in [0.2, 0.25) is 0 Å². The largest absolute Gasteiger partial charge is 0.389 e. The topological polar surface area (TPSA) is 64.6 Å². The lowest BCUT2D eigenvalue weighted by atomic mass is 9.80. The molecule has 0 aromatic carbocycles. The second-order valence-corrected chi connectivity index (χ2v) is 4.47. The third-order valence-electron chi connectivity index (χ3n) is 3.24. The molecule has 0 atom stereocenters. The van der Waals surface area contributed by atoms with Gasteiger partial charge >= 0.3 is 6.03 Å². The SMILES string of the molecule is O=C1NCCN1CCNCC1(O)CCC1. The van der Waals surface area contributed by atoms with E-state index in [4.69, 9.17) is 0 Å². The average molecular weight is 213 g/mol. The molecule has 1 aliphatic carbocycles. The van der Waals surface area contributed by atoms with Crippen molar-refractivity contribution >= 4 is 6.03 Å². The molecule has 86 valence electrons. The third kappa shape index (κ3) is 2.60. The van der Waals surface area contributed by atoms with Crippen molar-refractivity contribution in [2.45, 2.75) is 24.9 Å². The Labute approximate surface area is 89.8 Å². The van der Waals surface area contributed by atoms with Crippen LogP contribution >= 0.6 is 0 Å². The summed E-state index contributed by atoms with van der Waals surface area (Å²) in [7, 11) is 0. The van der Waals surface area contributed by atoms with Gasteiger partial charge in [0, 0.05) is 32.7 Å². The van der Waals surface area contributed by atoms with Crippen LogP contribution in [0.15, 0.2) is 0 Å². The molecule has 3 N–H and O–H groups in total. The third-order valence-corrected chi connectivity index (χ3v) is 3.24. The summed E-state index contributed by atoms with van der Waals surface area (Å²) in [5.41, 5.74) is -0.465. The van der Waals surface area contributed by atoms with Crippen molar-refractivity contribution in [3.05, 3.63) is 0 Å². The van der Waals surface area contributed by atoms with Crippen LogP contribution in [0, 0.1) is 0 Å². The van der Waals surface area contributed by atoms with Crippen LogP contribution in [0.1, 0.15) is 19.3 Å². The van der Waals surface area contributed by atoms with Crippen molar-refractivity contribution < 1.29 is 9.90 Å². The molecule has 1 aliphatic heterocycles. The number of hydrogen-bond acceptors (Lipinski definition) is 3. The van der Waals surface area contributed by atoms with E-state index < -0.39 is 5.60 Å². The smallest absolute Gasteiger partial charge is 0.317 e. The molecular formula is C10H19N3O2. The average Bonchev–Trinajstić information content (AvgIpc) is 2.56. The van der Waals surface area contributed by atoms with E-state index >= 15 is 0 Å². The molecule has 0 spiro atoms. The zero-order chi connectivity index (χ0) is 10.7. The molecule has 0 aromatic rings. The molecule has 2 fully saturated rings. The van der Waals surface area contributed by atoms with E-state index in [-0.39, 0.29) is 6.03 Å². The van der Waals surface area contributed by atoms with E-state index in [2.05, 4.69) is 10.6 Å². The van der Waals surface area contributed by atoms with Gasteiger partial charge in [-0.25, -0.2) is 4.79 Å². The van der Waals surface area contributed by atoms with Gasteiger partial charge in [0.25, 0.3) is 0 Å². The molecule has 5 heteroatoms. The van der Waals surface area contributed by atoms with Crippen molar-refractivity contribution in [3.63, 3.8) is 0 Å². The first-order valence-corrected chi connectivity index (χ1v) is 5.66. The van der Waals surface area contributed by atoms with Gasteiger partial charge in [-0.2, -0.15) is 0 Å². The Hall–Kier alpha value is -0.810. The second kappa shape index (κ2) is 4.37. The highest BCUT2D eigenvalue weighted by Gasteiger charge is 2.33. The Morgan fingerprint density at radius 1 is 1.53 bits per heavy atom. The lowest BCUT2D eigenvalue weighted by Crippen LogP contribution is -2.47. The summed E-state index contributed by atoms with van der Waals surface area (Å²) >= 11 is 0. The minimum atomic E-state index is -0.465. The second-order valence-electron chi connectivity index (χ2n) is 4.47. The van der Waals surface area contributed by atoms with Crippen LogP contribution < -0.4 is 10.6 Å². The molecule has 2 amide bonds. The van der Waals surface area contributed by atoms with Gasteiger partial charge in [-0.15, -0.1) is 0 Å². The van der Waals surface area contributed by atoms with Gasteiger partial charge < -0.3 is 20.6 Å². The molecule has 1 saturated heterocycles. The van der Waals surface area contributed by atoms with Crippen LogP contribution in [0.2, 0.25) is 0 Å². The maximum Gasteiger partial charge on any atom is 0.317 e. The number of aliphatic hydroxyl groups is 1. The number of nitrogens with zero attached hydrogens (tertiary/aromatic N) is 1. The number of urea groups is 1. The summed E-state index contributed by atoms with van der Waals surface area (Å²) in [6, 6.07) is 0.0270. The van der Waals surface area contributed by atoms with Crippen molar-refractivity contribution in [2.24, 2.45) is 0 Å². The van der Waals surface area contributed by atoms with E-state index in [9.17, 15) is 9.90 Å². The Morgan fingerprint density at radius 3 is 2.87 bits per heavy atom. The molecule has 1 saturated carbocycles. The van der Waals surface area contributed by atoms with Gasteiger partial charge in [-0.3, -0.25) is 0 Å². The summed E-state index contributed by atoms with van der Waals surface area (Å²) in [6.45, 7) is 3.69. The molecule has 1 heterocycles. The quantitative estimate of drug-likeness (QED) is 0.540. The molecule has 5 nitrogen and oxygen atoms in total. The van der Waals surface area contributed by atoms with Gasteiger partial charge in [-0.05, 0) is 19.3 Å². The lowest BCUT2D eigenvalue weighted by molar-refractivity contribution is -0.0312. The first kappa shape index (κ1) is 10.7. The molecule has 0 radical (unpaired) electrons. The van der Waals surface area contributed by atoms with Gasteiger partial charge in [-0.1, -0.05) is 0 Å². The van der Waals surface area contributed by atoms with E-state index in [0.29, 0.717) is 6.54 Å². The van der Waals surface area contributed by atoms with Gasteiger partial charge in [0.1, 0.15) is 0 Å². The molecule has 2 aliphatic rings. The molecule has 0 bridgehead atoms. The number of carbonyl (C=O) groups is 1. The summed E-state index contributed by atoms with van der Waals surface area (Å²) in [4.78, 5) is 13.0. The van der Waals surface area contributed by atoms with Crippen LogP contribution in [0.5, 0.6) is 0 Å². The van der Waals surface area contributed by atoms with E-state index in [1.165, 1.54) is 0 Å². The number of carbonyl (C=O) groups excluding carboxylic acids is 1. The fourth-order valence-corrected chi connectivity index (χ4v) is 2.02. The van der Waals surface area contributed by atoms with Crippen LogP contribution in [0.25, 0.3) is 0 Å². The van der Waals surface area contributed by atoms with Crippen molar-refractivity contribution in [2.75, 3.05) is 32.7 Å². The monoisotopic (exact) mass is 213 g/mol. The fraction of sp³-hybridized carbons (Fsp3) is 0.900. The predicted molar refractivity (Wildman–Crippen MR) is 56.6 cm³/mol. The van der Waals surface area contributed by atoms with Crippen molar-refractivity contribution in [1.29, 1.82) is 0 Å². The van der Waals surface area contributed by atoms with Crippen LogP contribution in [-0.4, -0.2) is 54.4 Å². The first-order chi connectivity index (χ1) is 7.20. The van der Waals surface area contributed by atoms with Crippen LogP contribution in [0.4, 0.5) is 4.79 Å². The van der Waals surface area contributed by atoms with Crippen molar-refractivity contribution in [1.82, 2.24) is 15.5 Å². The Balaban J connectivity index is 1.56. The predicted octanol–water partition coefficient (Wildman–Crippen LogP) is -0.484. The first-order valence-electron chi connectivity index (χ1n) is 5.66. The van der Waals surface area contributed by atoms with Gasteiger partial charge in [0.15, 0.2) is 0 Å². The Morgan fingerprint density at radius 2 is 2.33 bits per heavy atom. The maximum atomic E-state index is 11.2. The zero-order valence-corrected chi connectivity index (χ0v) is 8.96. The highest BCUT2D eigenvalue weighted by atomic mass is 16.3. The molecular weight excluding hydrogens is 194 g/mol. The van der Waals surface area contributed by atoms with Gasteiger partial charge in [0.05, 0.1) is 5.60 Å². The van der Waals surface area contributed by atoms with Crippen LogP contribution in [-0.2, 0) is 0 Å². The van der Waals surface area contributed by atoms with E-state index in [0.717, 1.165) is 45.4 Å². The minimum Gasteiger partial charge on any atom is -0.389 e. The normalized spacial score (nSPS) is 23.8. The molecule has 2 rings (SSSR count). The summed E-state index contributed by atoms with van der Waals surface area (Å²) < 4.78 is 0. The van der Waals surface area contributed by atoms with Crippen molar-refractivity contribution in [3.8, 4) is 0 Å². The van der Waals surface area contributed by atoms with E-state index in [1.807, 2.05) is 0 Å². The summed E-state index contributed by atoms with van der Waals surface area (Å²) in [5, 5.41) is 15.8. The standard InChI is InChI=1S/C10H19N3O2/c14-9-12-5-7-13(9)6-4-11-8-10(15)2-1-3-10/h11,15H,1-8H2,(H,12,14). The molecule has 15 heavy (non-hydrogen) atoms. The number of hydrogen-bond donors (Lipinski definition) is 3. The van der Waals surface area contributed by atoms with Crippen LogP contribution in [0.3, 0.4) is 0 Å². The molecule has 0 unspecified atom stereocenters. The minimum absolute atomic E-state index is 0.0270. The highest BCUT2D eigenvalue weighted by molar-refractivity contribution is 5.76. The highest BCUT2D eigenvalue weighted by Crippen LogP contribution is 2.30. The Bertz CT molecular complexity index is 241. The Kier molecular flexibility index (Phi) is 3.11. The molecule has 0 aromatic heterocycles. The number of amides is 2. The van der Waals surface area contributed by atoms with E-state index in [1.54, 1.807) is 4.90 Å². The summed E-state index contributed by atoms with van der Waals surface area (Å²) in [6.07, 6.45) is 2.95. The number of nitrogens with one attached hydrogen (secondary N) is 2. The lowest BCUT2D eigenvalue weighted by Gasteiger charge is -2.36.